The maximum Gasteiger partial charge on any atom is 0.187 e. The average Bonchev–Trinajstić information content (AvgIpc) is 2.58. The van der Waals surface area contributed by atoms with Crippen LogP contribution in [0.15, 0.2) is 60.2 Å². The van der Waals surface area contributed by atoms with Gasteiger partial charge in [-0.3, -0.25) is 5.43 Å². The van der Waals surface area contributed by atoms with E-state index in [2.05, 4.69) is 22.4 Å². The largest absolute Gasteiger partial charge is 0.507 e. The van der Waals surface area contributed by atoms with Gasteiger partial charge in [0.2, 0.25) is 0 Å². The van der Waals surface area contributed by atoms with E-state index in [-0.39, 0.29) is 5.75 Å². The topological polar surface area (TPSA) is 56.7 Å². The second-order valence-corrected chi connectivity index (χ2v) is 5.85. The van der Waals surface area contributed by atoms with Crippen LogP contribution in [0.25, 0.3) is 0 Å². The average molecular weight is 360 g/mol. The predicted octanol–water partition coefficient (Wildman–Crippen LogP) is 3.62. The molecule has 0 bridgehead atoms. The Hall–Kier alpha value is -2.37. The molecule has 0 aromatic heterocycles. The molecule has 0 heterocycles. The zero-order chi connectivity index (χ0) is 17.4. The van der Waals surface area contributed by atoms with Gasteiger partial charge in [-0.05, 0) is 48.0 Å². The molecule has 0 saturated carbocycles. The second kappa shape index (κ2) is 9.05. The maximum atomic E-state index is 9.96. The van der Waals surface area contributed by atoms with Crippen molar-refractivity contribution in [1.82, 2.24) is 10.7 Å². The van der Waals surface area contributed by atoms with Crippen molar-refractivity contribution in [2.75, 3.05) is 6.54 Å². The van der Waals surface area contributed by atoms with E-state index in [1.807, 2.05) is 36.4 Å². The third kappa shape index (κ3) is 5.37. The monoisotopic (exact) mass is 359 g/mol. The van der Waals surface area contributed by atoms with Crippen LogP contribution in [0.2, 0.25) is 5.02 Å². The molecule has 0 aliphatic carbocycles. The van der Waals surface area contributed by atoms with Gasteiger partial charge < -0.3 is 10.4 Å². The van der Waals surface area contributed by atoms with Gasteiger partial charge in [0.1, 0.15) is 5.75 Å². The lowest BCUT2D eigenvalue weighted by molar-refractivity contribution is 0.474. The minimum absolute atomic E-state index is 0.147. The molecular formula is C18H18ClN3OS. The van der Waals surface area contributed by atoms with Crippen molar-refractivity contribution >= 4 is 35.1 Å². The molecule has 0 amide bonds. The maximum absolute atomic E-state index is 9.96. The molecule has 2 rings (SSSR count). The molecule has 0 fully saturated rings. The minimum Gasteiger partial charge on any atom is -0.507 e. The van der Waals surface area contributed by atoms with Crippen molar-refractivity contribution < 1.29 is 5.11 Å². The lowest BCUT2D eigenvalue weighted by Crippen LogP contribution is -2.31. The van der Waals surface area contributed by atoms with Crippen molar-refractivity contribution in [2.45, 2.75) is 6.42 Å². The first-order valence-electron chi connectivity index (χ1n) is 7.33. The number of rotatable bonds is 6. The number of thiocarbonyl (C=S) groups is 1. The van der Waals surface area contributed by atoms with Crippen LogP contribution < -0.4 is 10.7 Å². The van der Waals surface area contributed by atoms with Gasteiger partial charge >= 0.3 is 0 Å². The van der Waals surface area contributed by atoms with Crippen LogP contribution >= 0.6 is 23.8 Å². The molecule has 3 N–H and O–H groups in total. The third-order valence-corrected chi connectivity index (χ3v) is 3.83. The third-order valence-electron chi connectivity index (χ3n) is 3.22. The smallest absolute Gasteiger partial charge is 0.187 e. The van der Waals surface area contributed by atoms with Crippen molar-refractivity contribution in [1.29, 1.82) is 0 Å². The van der Waals surface area contributed by atoms with Crippen LogP contribution in [0.5, 0.6) is 5.75 Å². The molecule has 4 nitrogen and oxygen atoms in total. The summed E-state index contributed by atoms with van der Waals surface area (Å²) >= 11 is 11.2. The first-order valence-corrected chi connectivity index (χ1v) is 8.12. The lowest BCUT2D eigenvalue weighted by atomic mass is 10.0. The highest BCUT2D eigenvalue weighted by Crippen LogP contribution is 2.22. The van der Waals surface area contributed by atoms with Crippen LogP contribution in [0.1, 0.15) is 16.7 Å². The summed E-state index contributed by atoms with van der Waals surface area (Å²) in [6, 6.07) is 13.1. The van der Waals surface area contributed by atoms with Gasteiger partial charge in [0.15, 0.2) is 5.11 Å². The summed E-state index contributed by atoms with van der Waals surface area (Å²) in [5.41, 5.74) is 5.33. The highest BCUT2D eigenvalue weighted by atomic mass is 35.5. The summed E-state index contributed by atoms with van der Waals surface area (Å²) in [6.07, 6.45) is 3.89. The molecule has 0 aliphatic rings. The van der Waals surface area contributed by atoms with Crippen LogP contribution in [0.4, 0.5) is 0 Å². The number of hydrazone groups is 1. The van der Waals surface area contributed by atoms with Crippen molar-refractivity contribution in [3.63, 3.8) is 0 Å². The number of phenols is 1. The summed E-state index contributed by atoms with van der Waals surface area (Å²) in [5.74, 6) is 0.147. The summed E-state index contributed by atoms with van der Waals surface area (Å²) in [6.45, 7) is 4.15. The van der Waals surface area contributed by atoms with Gasteiger partial charge in [0.25, 0.3) is 0 Å². The Balaban J connectivity index is 2.07. The van der Waals surface area contributed by atoms with Crippen molar-refractivity contribution in [3.8, 4) is 5.75 Å². The Labute approximate surface area is 151 Å². The Kier molecular flexibility index (Phi) is 6.78. The van der Waals surface area contributed by atoms with Crippen LogP contribution in [0, 0.1) is 0 Å². The number of benzene rings is 2. The Morgan fingerprint density at radius 2 is 2.08 bits per heavy atom. The molecule has 6 heteroatoms. The number of halogens is 1. The van der Waals surface area contributed by atoms with E-state index in [1.54, 1.807) is 12.1 Å². The van der Waals surface area contributed by atoms with Gasteiger partial charge in [0, 0.05) is 17.1 Å². The zero-order valence-electron chi connectivity index (χ0n) is 13.0. The highest BCUT2D eigenvalue weighted by Gasteiger charge is 2.04. The van der Waals surface area contributed by atoms with Gasteiger partial charge in [-0.25, -0.2) is 0 Å². The molecule has 124 valence electrons. The Morgan fingerprint density at radius 3 is 2.83 bits per heavy atom. The van der Waals surface area contributed by atoms with E-state index < -0.39 is 0 Å². The van der Waals surface area contributed by atoms with E-state index in [0.29, 0.717) is 23.6 Å². The number of phenolic OH excluding ortho intramolecular Hbond substituents is 1. The Bertz CT molecular complexity index is 762. The number of hydrogen-bond acceptors (Lipinski definition) is 3. The quantitative estimate of drug-likeness (QED) is 0.319. The van der Waals surface area contributed by atoms with Gasteiger partial charge in [0.05, 0.1) is 6.21 Å². The van der Waals surface area contributed by atoms with Crippen LogP contribution in [-0.2, 0) is 6.42 Å². The van der Waals surface area contributed by atoms with E-state index >= 15 is 0 Å². The normalized spacial score (nSPS) is 10.5. The van der Waals surface area contributed by atoms with E-state index in [9.17, 15) is 5.11 Å². The van der Waals surface area contributed by atoms with Gasteiger partial charge in [-0.1, -0.05) is 41.9 Å². The fourth-order valence-electron chi connectivity index (χ4n) is 2.04. The standard InChI is InChI=1S/C18H18ClN3OS/c1-2-9-20-18(24)22-21-12-15-11-13(7-8-17(15)23)10-14-5-3-4-6-16(14)19/h2-8,11-12,23H,1,9-10H2,(H2,20,22,24)/b21-12+. The number of hydrogen-bond donors (Lipinski definition) is 3. The first-order chi connectivity index (χ1) is 11.6. The summed E-state index contributed by atoms with van der Waals surface area (Å²) < 4.78 is 0. The van der Waals surface area contributed by atoms with Crippen LogP contribution in [0.3, 0.4) is 0 Å². The molecule has 2 aromatic rings. The van der Waals surface area contributed by atoms with E-state index in [0.717, 1.165) is 16.1 Å². The number of nitrogens with one attached hydrogen (secondary N) is 2. The molecular weight excluding hydrogens is 342 g/mol. The fourth-order valence-corrected chi connectivity index (χ4v) is 2.38. The number of aromatic hydroxyl groups is 1. The number of nitrogens with zero attached hydrogens (tertiary/aromatic N) is 1. The molecule has 0 unspecified atom stereocenters. The molecule has 2 aromatic carbocycles. The lowest BCUT2D eigenvalue weighted by Gasteiger charge is -2.07. The van der Waals surface area contributed by atoms with Crippen LogP contribution in [-0.4, -0.2) is 23.0 Å². The summed E-state index contributed by atoms with van der Waals surface area (Å²) in [4.78, 5) is 0. The molecule has 0 saturated heterocycles. The van der Waals surface area contributed by atoms with E-state index in [1.165, 1.54) is 6.21 Å². The van der Waals surface area contributed by atoms with Crippen molar-refractivity contribution in [3.05, 3.63) is 76.8 Å². The predicted molar refractivity (Wildman–Crippen MR) is 104 cm³/mol. The minimum atomic E-state index is 0.147. The van der Waals surface area contributed by atoms with Gasteiger partial charge in [-0.15, -0.1) is 6.58 Å². The molecule has 0 atom stereocenters. The molecule has 0 spiro atoms. The SMILES string of the molecule is C=CCNC(=S)N/N=C/c1cc(Cc2ccccc2Cl)ccc1O. The summed E-state index contributed by atoms with van der Waals surface area (Å²) in [7, 11) is 0. The molecule has 24 heavy (non-hydrogen) atoms. The highest BCUT2D eigenvalue weighted by molar-refractivity contribution is 7.80. The molecule has 0 aliphatic heterocycles. The first kappa shape index (κ1) is 18.0. The fraction of sp³-hybridized carbons (Fsp3) is 0.111. The second-order valence-electron chi connectivity index (χ2n) is 5.03. The van der Waals surface area contributed by atoms with E-state index in [4.69, 9.17) is 23.8 Å². The summed E-state index contributed by atoms with van der Waals surface area (Å²) in [5, 5.41) is 18.0. The zero-order valence-corrected chi connectivity index (χ0v) is 14.6. The van der Waals surface area contributed by atoms with Crippen molar-refractivity contribution in [2.24, 2.45) is 5.10 Å². The Morgan fingerprint density at radius 1 is 1.29 bits per heavy atom. The van der Waals surface area contributed by atoms with Gasteiger partial charge in [-0.2, -0.15) is 5.10 Å². The molecule has 0 radical (unpaired) electrons.